The highest BCUT2D eigenvalue weighted by Crippen LogP contribution is 2.37. The number of amides is 1. The summed E-state index contributed by atoms with van der Waals surface area (Å²) >= 11 is 1.41. The third-order valence-electron chi connectivity index (χ3n) is 4.69. The number of rotatable bonds is 5. The molecule has 2 aromatic carbocycles. The highest BCUT2D eigenvalue weighted by atomic mass is 32.2. The van der Waals surface area contributed by atoms with Gasteiger partial charge < -0.3 is 15.5 Å². The number of aromatic nitrogens is 3. The Morgan fingerprint density at radius 3 is 2.72 bits per heavy atom. The van der Waals surface area contributed by atoms with Crippen molar-refractivity contribution >= 4 is 23.4 Å². The summed E-state index contributed by atoms with van der Waals surface area (Å²) in [5.74, 6) is 1.47. The van der Waals surface area contributed by atoms with Gasteiger partial charge in [-0.2, -0.15) is 0 Å². The molecular weight excluding hydrogens is 386 g/mol. The third kappa shape index (κ3) is 4.07. The minimum absolute atomic E-state index is 0.0844. The van der Waals surface area contributed by atoms with E-state index in [9.17, 15) is 4.79 Å². The second kappa shape index (κ2) is 8.16. The van der Waals surface area contributed by atoms with E-state index in [4.69, 9.17) is 4.74 Å². The smallest absolute Gasteiger partial charge is 0.240 e. The van der Waals surface area contributed by atoms with Crippen molar-refractivity contribution in [3.05, 3.63) is 65.5 Å². The van der Waals surface area contributed by atoms with Crippen LogP contribution in [-0.2, 0) is 4.79 Å². The molecule has 0 spiro atoms. The van der Waals surface area contributed by atoms with Crippen LogP contribution in [0, 0.1) is 13.8 Å². The minimum Gasteiger partial charge on any atom is -0.494 e. The van der Waals surface area contributed by atoms with Gasteiger partial charge in [-0.25, -0.2) is 4.68 Å². The Labute approximate surface area is 173 Å². The Hall–Kier alpha value is -3.00. The van der Waals surface area contributed by atoms with Gasteiger partial charge in [0.15, 0.2) is 0 Å². The van der Waals surface area contributed by atoms with Crippen molar-refractivity contribution in [2.75, 3.05) is 17.3 Å². The molecule has 2 N–H and O–H groups in total. The molecule has 1 amide bonds. The summed E-state index contributed by atoms with van der Waals surface area (Å²) in [5, 5.41) is 11.6. The van der Waals surface area contributed by atoms with Gasteiger partial charge in [0, 0.05) is 5.69 Å². The van der Waals surface area contributed by atoms with Gasteiger partial charge in [-0.3, -0.25) is 4.79 Å². The normalized spacial score (nSPS) is 17.9. The van der Waals surface area contributed by atoms with E-state index in [1.807, 2.05) is 74.0 Å². The van der Waals surface area contributed by atoms with Crippen molar-refractivity contribution in [2.24, 2.45) is 0 Å². The van der Waals surface area contributed by atoms with Crippen molar-refractivity contribution < 1.29 is 9.53 Å². The Morgan fingerprint density at radius 1 is 1.21 bits per heavy atom. The average Bonchev–Trinajstić information content (AvgIpc) is 3.08. The van der Waals surface area contributed by atoms with Gasteiger partial charge in [-0.1, -0.05) is 36.0 Å². The Morgan fingerprint density at radius 2 is 2.00 bits per heavy atom. The number of nitrogens with one attached hydrogen (secondary N) is 2. The van der Waals surface area contributed by atoms with Crippen LogP contribution in [0.1, 0.15) is 29.9 Å². The lowest BCUT2D eigenvalue weighted by atomic mass is 10.0. The summed E-state index contributed by atoms with van der Waals surface area (Å²) in [6.45, 7) is 6.45. The second-order valence-corrected chi connectivity index (χ2v) is 7.98. The first-order valence-corrected chi connectivity index (χ1v) is 10.4. The Kier molecular flexibility index (Phi) is 5.44. The molecule has 0 radical (unpaired) electrons. The van der Waals surface area contributed by atoms with Crippen molar-refractivity contribution in [1.82, 2.24) is 14.9 Å². The zero-order valence-electron chi connectivity index (χ0n) is 16.5. The summed E-state index contributed by atoms with van der Waals surface area (Å²) in [4.78, 5) is 13.2. The van der Waals surface area contributed by atoms with E-state index in [2.05, 4.69) is 20.9 Å². The number of carbonyl (C=O) groups excluding carboxylic acids is 1. The maximum atomic E-state index is 13.2. The molecule has 0 saturated carbocycles. The van der Waals surface area contributed by atoms with Gasteiger partial charge in [0.2, 0.25) is 11.1 Å². The molecule has 4 rings (SSSR count). The van der Waals surface area contributed by atoms with E-state index in [-0.39, 0.29) is 11.9 Å². The summed E-state index contributed by atoms with van der Waals surface area (Å²) in [5.41, 5.74) is 6.28. The lowest BCUT2D eigenvalue weighted by molar-refractivity contribution is -0.116. The molecule has 29 heavy (non-hydrogen) atoms. The molecule has 1 aliphatic heterocycles. The lowest BCUT2D eigenvalue weighted by Gasteiger charge is -2.32. The van der Waals surface area contributed by atoms with Gasteiger partial charge in [-0.15, -0.1) is 10.2 Å². The fraction of sp³-hybridized carbons (Fsp3) is 0.286. The first-order valence-electron chi connectivity index (χ1n) is 9.50. The zero-order valence-corrected chi connectivity index (χ0v) is 17.4. The first kappa shape index (κ1) is 19.3. The summed E-state index contributed by atoms with van der Waals surface area (Å²) in [7, 11) is 0. The Balaban J connectivity index is 1.64. The number of anilines is 1. The van der Waals surface area contributed by atoms with E-state index in [1.54, 1.807) is 0 Å². The van der Waals surface area contributed by atoms with Gasteiger partial charge in [0.05, 0.1) is 12.6 Å². The maximum absolute atomic E-state index is 13.2. The standard InChI is InChI=1S/C21H23N5O2S/c1-4-28-17-10-8-15(9-11-17)18-19(29-21-24-23-14(3)26(21)25-18)20(27)22-16-7-5-6-13(2)12-16/h5-12,18-19,25H,4H2,1-3H3,(H,22,27)/t18-,19-/m1/s1. The van der Waals surface area contributed by atoms with Gasteiger partial charge >= 0.3 is 0 Å². The molecule has 0 saturated heterocycles. The number of ether oxygens (including phenoxy) is 1. The number of thioether (sulfide) groups is 1. The van der Waals surface area contributed by atoms with Crippen LogP contribution < -0.4 is 15.5 Å². The number of hydrogen-bond acceptors (Lipinski definition) is 6. The third-order valence-corrected chi connectivity index (χ3v) is 5.91. The topological polar surface area (TPSA) is 81.1 Å². The molecule has 0 unspecified atom stereocenters. The number of fused-ring (bicyclic) bond motifs is 1. The quantitative estimate of drug-likeness (QED) is 0.669. The lowest BCUT2D eigenvalue weighted by Crippen LogP contribution is -2.41. The predicted octanol–water partition coefficient (Wildman–Crippen LogP) is 3.69. The largest absolute Gasteiger partial charge is 0.494 e. The molecule has 0 aliphatic carbocycles. The SMILES string of the molecule is CCOc1ccc([C@H]2Nn3c(C)nnc3S[C@H]2C(=O)Nc2cccc(C)c2)cc1. The van der Waals surface area contributed by atoms with Crippen LogP contribution in [0.2, 0.25) is 0 Å². The van der Waals surface area contributed by atoms with E-state index in [0.29, 0.717) is 11.8 Å². The van der Waals surface area contributed by atoms with Crippen LogP contribution in [0.15, 0.2) is 53.7 Å². The molecule has 1 aliphatic rings. The monoisotopic (exact) mass is 409 g/mol. The van der Waals surface area contributed by atoms with Crippen molar-refractivity contribution in [1.29, 1.82) is 0 Å². The van der Waals surface area contributed by atoms with Crippen molar-refractivity contribution in [3.8, 4) is 5.75 Å². The highest BCUT2D eigenvalue weighted by molar-refractivity contribution is 8.00. The van der Waals surface area contributed by atoms with Gasteiger partial charge in [-0.05, 0) is 56.2 Å². The van der Waals surface area contributed by atoms with Gasteiger partial charge in [0.25, 0.3) is 0 Å². The number of carbonyl (C=O) groups is 1. The Bertz CT molecular complexity index is 1020. The summed E-state index contributed by atoms with van der Waals surface area (Å²) < 4.78 is 7.38. The van der Waals surface area contributed by atoms with Crippen LogP contribution in [0.3, 0.4) is 0 Å². The van der Waals surface area contributed by atoms with E-state index in [0.717, 1.165) is 28.4 Å². The van der Waals surface area contributed by atoms with Crippen LogP contribution in [0.4, 0.5) is 5.69 Å². The molecule has 2 heterocycles. The first-order chi connectivity index (χ1) is 14.0. The van der Waals surface area contributed by atoms with Crippen LogP contribution in [-0.4, -0.2) is 32.6 Å². The molecule has 0 fully saturated rings. The predicted molar refractivity (Wildman–Crippen MR) is 114 cm³/mol. The van der Waals surface area contributed by atoms with Gasteiger partial charge in [0.1, 0.15) is 16.8 Å². The molecule has 2 atom stereocenters. The van der Waals surface area contributed by atoms with Crippen LogP contribution in [0.5, 0.6) is 5.75 Å². The molecule has 150 valence electrons. The average molecular weight is 410 g/mol. The molecule has 1 aromatic heterocycles. The number of aryl methyl sites for hydroxylation is 2. The highest BCUT2D eigenvalue weighted by Gasteiger charge is 2.37. The number of benzene rings is 2. The van der Waals surface area contributed by atoms with Crippen LogP contribution >= 0.6 is 11.8 Å². The molecule has 0 bridgehead atoms. The number of hydrogen-bond donors (Lipinski definition) is 2. The summed E-state index contributed by atoms with van der Waals surface area (Å²) in [6.07, 6.45) is 0. The fourth-order valence-electron chi connectivity index (χ4n) is 3.28. The zero-order chi connectivity index (χ0) is 20.4. The maximum Gasteiger partial charge on any atom is 0.240 e. The second-order valence-electron chi connectivity index (χ2n) is 6.87. The van der Waals surface area contributed by atoms with E-state index < -0.39 is 5.25 Å². The fourth-order valence-corrected chi connectivity index (χ4v) is 4.41. The number of nitrogens with zero attached hydrogens (tertiary/aromatic N) is 3. The van der Waals surface area contributed by atoms with E-state index >= 15 is 0 Å². The molecule has 8 heteroatoms. The summed E-state index contributed by atoms with van der Waals surface area (Å²) in [6, 6.07) is 15.4. The molecule has 7 nitrogen and oxygen atoms in total. The van der Waals surface area contributed by atoms with Crippen LogP contribution in [0.25, 0.3) is 0 Å². The van der Waals surface area contributed by atoms with E-state index in [1.165, 1.54) is 11.8 Å². The van der Waals surface area contributed by atoms with Crippen molar-refractivity contribution in [3.63, 3.8) is 0 Å². The minimum atomic E-state index is -0.412. The molecule has 3 aromatic rings. The molecular formula is C21H23N5O2S. The van der Waals surface area contributed by atoms with Crippen molar-refractivity contribution in [2.45, 2.75) is 37.2 Å².